The molecule has 0 spiro atoms. The maximum Gasteiger partial charge on any atom is 0.209 e. The summed E-state index contributed by atoms with van der Waals surface area (Å²) in [6, 6.07) is 13.6. The minimum absolute atomic E-state index is 0.283. The van der Waals surface area contributed by atoms with Crippen molar-refractivity contribution in [3.63, 3.8) is 0 Å². The van der Waals surface area contributed by atoms with Gasteiger partial charge in [-0.05, 0) is 48.2 Å². The summed E-state index contributed by atoms with van der Waals surface area (Å²) in [5, 5.41) is 28.1. The number of ether oxygens (including phenoxy) is 2. The Kier molecular flexibility index (Phi) is 6.73. The predicted octanol–water partition coefficient (Wildman–Crippen LogP) is 2.61. The maximum absolute atomic E-state index is 10.1. The van der Waals surface area contributed by atoms with Crippen molar-refractivity contribution in [1.29, 1.82) is 0 Å². The summed E-state index contributed by atoms with van der Waals surface area (Å²) in [7, 11) is 0. The van der Waals surface area contributed by atoms with Gasteiger partial charge < -0.3 is 24.8 Å². The van der Waals surface area contributed by atoms with Crippen molar-refractivity contribution in [2.45, 2.75) is 44.2 Å². The van der Waals surface area contributed by atoms with Gasteiger partial charge in [0.05, 0.1) is 19.3 Å². The van der Waals surface area contributed by atoms with E-state index in [0.29, 0.717) is 24.5 Å². The van der Waals surface area contributed by atoms with E-state index < -0.39 is 18.3 Å². The molecule has 146 valence electrons. The molecule has 1 aliphatic rings. The Morgan fingerprint density at radius 2 is 1.96 bits per heavy atom. The molecule has 0 radical (unpaired) electrons. The fraction of sp³-hybridized carbons (Fsp3) is 0.429. The molecule has 27 heavy (non-hydrogen) atoms. The first-order chi connectivity index (χ1) is 13.0. The van der Waals surface area contributed by atoms with Gasteiger partial charge in [-0.1, -0.05) is 35.9 Å². The molecule has 1 saturated heterocycles. The minimum Gasteiger partial charge on any atom is -0.494 e. The Labute approximate surface area is 164 Å². The van der Waals surface area contributed by atoms with Crippen molar-refractivity contribution in [2.24, 2.45) is 0 Å². The van der Waals surface area contributed by atoms with Crippen LogP contribution < -0.4 is 4.74 Å². The van der Waals surface area contributed by atoms with E-state index in [1.165, 1.54) is 0 Å². The number of aliphatic hydroxyl groups excluding tert-OH is 2. The number of benzene rings is 2. The molecule has 5 nitrogen and oxygen atoms in total. The summed E-state index contributed by atoms with van der Waals surface area (Å²) >= 11 is 6.39. The number of halogens is 1. The lowest BCUT2D eigenvalue weighted by Crippen LogP contribution is -2.47. The van der Waals surface area contributed by atoms with Crippen LogP contribution in [-0.4, -0.2) is 46.8 Å². The summed E-state index contributed by atoms with van der Waals surface area (Å²) in [6.45, 7) is 2.30. The molecule has 6 heteroatoms. The first-order valence-electron chi connectivity index (χ1n) is 9.17. The van der Waals surface area contributed by atoms with Crippen LogP contribution in [0.2, 0.25) is 5.02 Å². The van der Waals surface area contributed by atoms with Gasteiger partial charge in [-0.3, -0.25) is 0 Å². The smallest absolute Gasteiger partial charge is 0.209 e. The molecule has 4 N–H and O–H groups in total. The van der Waals surface area contributed by atoms with E-state index >= 15 is 0 Å². The molecule has 1 unspecified atom stereocenters. The molecule has 1 heterocycles. The molecular weight excluding hydrogens is 368 g/mol. The largest absolute Gasteiger partial charge is 0.494 e. The van der Waals surface area contributed by atoms with Crippen LogP contribution >= 0.6 is 11.6 Å². The molecule has 0 aliphatic carbocycles. The van der Waals surface area contributed by atoms with Gasteiger partial charge in [0, 0.05) is 11.4 Å². The van der Waals surface area contributed by atoms with Crippen molar-refractivity contribution < 1.29 is 24.8 Å². The lowest BCUT2D eigenvalue weighted by Gasteiger charge is -2.34. The van der Waals surface area contributed by atoms with E-state index in [9.17, 15) is 10.2 Å². The molecule has 0 aromatic heterocycles. The van der Waals surface area contributed by atoms with Gasteiger partial charge in [0.15, 0.2) is 6.10 Å². The molecule has 1 aliphatic heterocycles. The van der Waals surface area contributed by atoms with E-state index in [1.54, 1.807) is 0 Å². The monoisotopic (exact) mass is 393 g/mol. The van der Waals surface area contributed by atoms with E-state index in [2.05, 4.69) is 0 Å². The van der Waals surface area contributed by atoms with E-state index in [1.807, 2.05) is 49.4 Å². The summed E-state index contributed by atoms with van der Waals surface area (Å²) in [4.78, 5) is 0. The summed E-state index contributed by atoms with van der Waals surface area (Å²) < 4.78 is 11.3. The third kappa shape index (κ3) is 4.81. The van der Waals surface area contributed by atoms with Gasteiger partial charge in [-0.15, -0.1) is 0 Å². The Morgan fingerprint density at radius 3 is 2.63 bits per heavy atom. The van der Waals surface area contributed by atoms with Crippen molar-refractivity contribution in [1.82, 2.24) is 0 Å². The van der Waals surface area contributed by atoms with E-state index in [0.717, 1.165) is 22.4 Å². The van der Waals surface area contributed by atoms with Crippen LogP contribution in [0.1, 0.15) is 36.1 Å². The first kappa shape index (κ1) is 20.1. The van der Waals surface area contributed by atoms with Crippen molar-refractivity contribution in [3.8, 4) is 5.75 Å². The topological polar surface area (TPSA) is 81.8 Å². The number of hydrogen-bond donors (Lipinski definition) is 2. The van der Waals surface area contributed by atoms with Crippen LogP contribution in [0.4, 0.5) is 0 Å². The molecular formula is C21H26ClO5+. The van der Waals surface area contributed by atoms with E-state index in [-0.39, 0.29) is 12.7 Å². The van der Waals surface area contributed by atoms with Crippen molar-refractivity contribution in [3.05, 3.63) is 64.2 Å². The quantitative estimate of drug-likeness (QED) is 0.739. The van der Waals surface area contributed by atoms with Crippen molar-refractivity contribution >= 4 is 11.6 Å². The standard InChI is InChI=1S/C21H25ClO5/c1-2-26-16-6-3-13(4-7-16)9-15-10-14(5-8-17(15)22)19-11-18(24)21(25)20(12-23)27-19/h3-8,10,18-21,23-25H,2,9,11-12H2,1H3/p+1/t18-,19-,20-,21?/m1/s1. The highest BCUT2D eigenvalue weighted by Gasteiger charge is 2.40. The Morgan fingerprint density at radius 1 is 1.22 bits per heavy atom. The highest BCUT2D eigenvalue weighted by molar-refractivity contribution is 6.31. The van der Waals surface area contributed by atoms with Crippen LogP contribution in [-0.2, 0) is 11.2 Å². The molecule has 2 aromatic rings. The highest BCUT2D eigenvalue weighted by atomic mass is 35.5. The van der Waals surface area contributed by atoms with Gasteiger partial charge in [-0.25, -0.2) is 0 Å². The SMILES string of the molecule is CCOc1ccc(Cc2cc([C@H]3C[C@@H](O)C([OH2+])[C@@H](CO)O3)ccc2Cl)cc1. The van der Waals surface area contributed by atoms with E-state index in [4.69, 9.17) is 26.2 Å². The van der Waals surface area contributed by atoms with Gasteiger partial charge in [0.1, 0.15) is 11.9 Å². The Bertz CT molecular complexity index is 749. The second-order valence-electron chi connectivity index (χ2n) is 6.78. The first-order valence-corrected chi connectivity index (χ1v) is 9.55. The zero-order valence-corrected chi connectivity index (χ0v) is 16.0. The molecule has 0 bridgehead atoms. The Hall–Kier alpha value is -1.63. The molecule has 4 atom stereocenters. The second kappa shape index (κ2) is 9.04. The third-order valence-corrected chi connectivity index (χ3v) is 5.23. The van der Waals surface area contributed by atoms with Crippen LogP contribution in [0.25, 0.3) is 0 Å². The predicted molar refractivity (Wildman–Crippen MR) is 105 cm³/mol. The van der Waals surface area contributed by atoms with Crippen LogP contribution in [0.15, 0.2) is 42.5 Å². The van der Waals surface area contributed by atoms with Gasteiger partial charge in [0.2, 0.25) is 6.10 Å². The lowest BCUT2D eigenvalue weighted by atomic mass is 9.92. The fourth-order valence-electron chi connectivity index (χ4n) is 3.36. The van der Waals surface area contributed by atoms with Gasteiger partial charge in [-0.2, -0.15) is 0 Å². The van der Waals surface area contributed by atoms with Crippen molar-refractivity contribution in [2.75, 3.05) is 13.2 Å². The van der Waals surface area contributed by atoms with Gasteiger partial charge in [0.25, 0.3) is 0 Å². The summed E-state index contributed by atoms with van der Waals surface area (Å²) in [6.07, 6.45) is -1.72. The average molecular weight is 394 g/mol. The second-order valence-corrected chi connectivity index (χ2v) is 7.19. The summed E-state index contributed by atoms with van der Waals surface area (Å²) in [5.74, 6) is 0.839. The average Bonchev–Trinajstić information content (AvgIpc) is 2.67. The lowest BCUT2D eigenvalue weighted by molar-refractivity contribution is -0.181. The van der Waals surface area contributed by atoms with Gasteiger partial charge >= 0.3 is 0 Å². The fourth-order valence-corrected chi connectivity index (χ4v) is 3.54. The zero-order chi connectivity index (χ0) is 19.4. The summed E-state index contributed by atoms with van der Waals surface area (Å²) in [5.41, 5.74) is 2.97. The number of rotatable bonds is 6. The van der Waals surface area contributed by atoms with Crippen LogP contribution in [0.3, 0.4) is 0 Å². The highest BCUT2D eigenvalue weighted by Crippen LogP contribution is 2.34. The molecule has 3 rings (SSSR count). The normalized spacial score (nSPS) is 25.4. The molecule has 0 amide bonds. The Balaban J connectivity index is 1.78. The number of hydrogen-bond acceptors (Lipinski definition) is 4. The maximum atomic E-state index is 10.1. The zero-order valence-electron chi connectivity index (χ0n) is 15.3. The van der Waals surface area contributed by atoms with Crippen LogP contribution in [0, 0.1) is 0 Å². The minimum atomic E-state index is -0.832. The third-order valence-electron chi connectivity index (χ3n) is 4.86. The van der Waals surface area contributed by atoms with Crippen LogP contribution in [0.5, 0.6) is 5.75 Å². The molecule has 0 saturated carbocycles. The molecule has 1 fully saturated rings. The molecule has 2 aromatic carbocycles. The number of aliphatic hydroxyl groups is 2.